The lowest BCUT2D eigenvalue weighted by Crippen LogP contribution is -2.23. The van der Waals surface area contributed by atoms with Gasteiger partial charge in [-0.3, -0.25) is 0 Å². The Morgan fingerprint density at radius 2 is 1.45 bits per heavy atom. The summed E-state index contributed by atoms with van der Waals surface area (Å²) in [6.07, 6.45) is 3.01. The van der Waals surface area contributed by atoms with Gasteiger partial charge in [0.15, 0.2) is 0 Å². The number of phenols is 1. The molecular weight excluding hydrogens is 498 g/mol. The third kappa shape index (κ3) is 6.22. The Hall–Kier alpha value is -2.46. The maximum absolute atomic E-state index is 11.5. The molecule has 1 N–H and O–H groups in total. The van der Waals surface area contributed by atoms with Gasteiger partial charge in [0.2, 0.25) is 0 Å². The number of aryl methyl sites for hydroxylation is 2. The highest BCUT2D eigenvalue weighted by atomic mass is 31.1. The maximum atomic E-state index is 11.5. The van der Waals surface area contributed by atoms with E-state index in [4.69, 9.17) is 0 Å². The van der Waals surface area contributed by atoms with E-state index in [1.54, 1.807) is 0 Å². The molecule has 0 aliphatic carbocycles. The molecule has 0 aliphatic rings. The zero-order valence-corrected chi connectivity index (χ0v) is 25.6. The van der Waals surface area contributed by atoms with Gasteiger partial charge in [-0.05, 0) is 73.1 Å². The molecular formula is C35H42OP2. The van der Waals surface area contributed by atoms with E-state index in [1.807, 2.05) is 0 Å². The Kier molecular flexibility index (Phi) is 9.46. The lowest BCUT2D eigenvalue weighted by Gasteiger charge is -2.33. The van der Waals surface area contributed by atoms with Crippen LogP contribution < -0.4 is 15.9 Å². The van der Waals surface area contributed by atoms with Crippen LogP contribution in [0.15, 0.2) is 91.0 Å². The average molecular weight is 541 g/mol. The van der Waals surface area contributed by atoms with Gasteiger partial charge in [-0.2, -0.15) is 0 Å². The van der Waals surface area contributed by atoms with Crippen molar-refractivity contribution in [2.45, 2.75) is 71.6 Å². The molecule has 0 saturated carbocycles. The minimum atomic E-state index is -0.528. The monoisotopic (exact) mass is 540 g/mol. The third-order valence-corrected chi connectivity index (χ3v) is 12.6. The molecule has 0 saturated heterocycles. The third-order valence-electron chi connectivity index (χ3n) is 7.95. The molecule has 0 aliphatic heterocycles. The van der Waals surface area contributed by atoms with Gasteiger partial charge in [0.25, 0.3) is 0 Å². The summed E-state index contributed by atoms with van der Waals surface area (Å²) in [5.41, 5.74) is 6.23. The largest absolute Gasteiger partial charge is 0.507 e. The van der Waals surface area contributed by atoms with Crippen LogP contribution in [0.2, 0.25) is 0 Å². The molecule has 4 rings (SSSR count). The standard InChI is InChI=1S/C35H42OP2/c1-7-26(4)31-22-25(3)23-32(33(31)36)35(6,8-2)37-34-27(5)16-15-17-28(34)24-38(29-18-11-9-12-19-29)30-20-13-10-14-21-30/h9-23,26,36-37H,7-8,24H2,1-6H3. The second kappa shape index (κ2) is 12.6. The predicted octanol–water partition coefficient (Wildman–Crippen LogP) is 8.78. The van der Waals surface area contributed by atoms with Crippen LogP contribution in [0, 0.1) is 13.8 Å². The van der Waals surface area contributed by atoms with E-state index >= 15 is 0 Å². The van der Waals surface area contributed by atoms with Crippen molar-refractivity contribution in [3.05, 3.63) is 119 Å². The summed E-state index contributed by atoms with van der Waals surface area (Å²) in [4.78, 5) is 0. The molecule has 0 heterocycles. The van der Waals surface area contributed by atoms with Gasteiger partial charge in [-0.1, -0.05) is 133 Å². The average Bonchev–Trinajstić information content (AvgIpc) is 2.94. The molecule has 0 amide bonds. The summed E-state index contributed by atoms with van der Waals surface area (Å²) in [6.45, 7) is 13.5. The first-order valence-electron chi connectivity index (χ1n) is 13.9. The van der Waals surface area contributed by atoms with Gasteiger partial charge in [0, 0.05) is 16.9 Å². The van der Waals surface area contributed by atoms with Crippen LogP contribution >= 0.6 is 16.5 Å². The van der Waals surface area contributed by atoms with Gasteiger partial charge in [0.05, 0.1) is 0 Å². The summed E-state index contributed by atoms with van der Waals surface area (Å²) in [5, 5.41) is 15.7. The summed E-state index contributed by atoms with van der Waals surface area (Å²) < 4.78 is 0. The fourth-order valence-corrected chi connectivity index (χ4v) is 9.35. The number of phenolic OH excluding ortho intramolecular Hbond substituents is 1. The van der Waals surface area contributed by atoms with Crippen LogP contribution in [-0.4, -0.2) is 5.11 Å². The van der Waals surface area contributed by atoms with Crippen LogP contribution in [0.5, 0.6) is 5.75 Å². The molecule has 0 fully saturated rings. The minimum Gasteiger partial charge on any atom is -0.507 e. The molecule has 0 spiro atoms. The van der Waals surface area contributed by atoms with Gasteiger partial charge in [-0.15, -0.1) is 0 Å². The molecule has 4 aromatic carbocycles. The van der Waals surface area contributed by atoms with Crippen LogP contribution in [0.25, 0.3) is 0 Å². The molecule has 0 aromatic heterocycles. The van der Waals surface area contributed by atoms with Crippen molar-refractivity contribution >= 4 is 32.4 Å². The van der Waals surface area contributed by atoms with Crippen LogP contribution in [0.4, 0.5) is 0 Å². The highest BCUT2D eigenvalue weighted by molar-refractivity contribution is 7.72. The molecule has 0 radical (unpaired) electrons. The highest BCUT2D eigenvalue weighted by Crippen LogP contribution is 2.50. The van der Waals surface area contributed by atoms with E-state index < -0.39 is 7.92 Å². The zero-order chi connectivity index (χ0) is 27.3. The molecule has 3 unspecified atom stereocenters. The number of benzene rings is 4. The van der Waals surface area contributed by atoms with E-state index in [1.165, 1.54) is 32.6 Å². The van der Waals surface area contributed by atoms with E-state index in [9.17, 15) is 5.11 Å². The topological polar surface area (TPSA) is 20.2 Å². The first-order valence-corrected chi connectivity index (χ1v) is 16.4. The molecule has 3 heteroatoms. The van der Waals surface area contributed by atoms with Crippen LogP contribution in [0.3, 0.4) is 0 Å². The zero-order valence-electron chi connectivity index (χ0n) is 23.8. The van der Waals surface area contributed by atoms with Crippen molar-refractivity contribution < 1.29 is 5.11 Å². The lowest BCUT2D eigenvalue weighted by atomic mass is 9.88. The predicted molar refractivity (Wildman–Crippen MR) is 171 cm³/mol. The van der Waals surface area contributed by atoms with E-state index in [2.05, 4.69) is 133 Å². The van der Waals surface area contributed by atoms with E-state index in [0.29, 0.717) is 20.2 Å². The Bertz CT molecular complexity index is 1310. The van der Waals surface area contributed by atoms with Crippen molar-refractivity contribution in [1.82, 2.24) is 0 Å². The summed E-state index contributed by atoms with van der Waals surface area (Å²) in [7, 11) is 0.0440. The molecule has 4 aromatic rings. The van der Waals surface area contributed by atoms with Crippen molar-refractivity contribution in [1.29, 1.82) is 0 Å². The van der Waals surface area contributed by atoms with Gasteiger partial charge >= 0.3 is 0 Å². The lowest BCUT2D eigenvalue weighted by molar-refractivity contribution is 0.444. The number of hydrogen-bond donors (Lipinski definition) is 1. The van der Waals surface area contributed by atoms with Crippen LogP contribution in [-0.2, 0) is 11.3 Å². The number of hydrogen-bond acceptors (Lipinski definition) is 1. The molecule has 198 valence electrons. The molecule has 1 nitrogen and oxygen atoms in total. The normalized spacial score (nSPS) is 14.2. The van der Waals surface area contributed by atoms with Gasteiger partial charge in [0.1, 0.15) is 5.75 Å². The van der Waals surface area contributed by atoms with Gasteiger partial charge in [-0.25, -0.2) is 0 Å². The Morgan fingerprint density at radius 3 is 2.00 bits per heavy atom. The fourth-order valence-electron chi connectivity index (χ4n) is 5.20. The second-order valence-electron chi connectivity index (χ2n) is 10.7. The first-order chi connectivity index (χ1) is 18.3. The summed E-state index contributed by atoms with van der Waals surface area (Å²) in [6, 6.07) is 33.2. The summed E-state index contributed by atoms with van der Waals surface area (Å²) in [5.74, 6) is 0.847. The quantitative estimate of drug-likeness (QED) is 0.199. The Balaban J connectivity index is 1.78. The van der Waals surface area contributed by atoms with Crippen molar-refractivity contribution in [2.75, 3.05) is 0 Å². The molecule has 38 heavy (non-hydrogen) atoms. The molecule has 0 bridgehead atoms. The fraction of sp³-hybridized carbons (Fsp3) is 0.314. The van der Waals surface area contributed by atoms with Crippen molar-refractivity contribution in [2.24, 2.45) is 0 Å². The Labute approximate surface area is 233 Å². The van der Waals surface area contributed by atoms with E-state index in [0.717, 1.165) is 30.1 Å². The highest BCUT2D eigenvalue weighted by Gasteiger charge is 2.32. The molecule has 3 atom stereocenters. The minimum absolute atomic E-state index is 0.137. The van der Waals surface area contributed by atoms with Gasteiger partial charge < -0.3 is 5.11 Å². The SMILES string of the molecule is CCC(C)c1cc(C)cc(C(C)(CC)Pc2c(C)cccc2CP(c2ccccc2)c2ccccc2)c1O. The summed E-state index contributed by atoms with van der Waals surface area (Å²) >= 11 is 0. The van der Waals surface area contributed by atoms with Crippen molar-refractivity contribution in [3.63, 3.8) is 0 Å². The smallest absolute Gasteiger partial charge is 0.123 e. The van der Waals surface area contributed by atoms with E-state index in [-0.39, 0.29) is 5.16 Å². The second-order valence-corrected chi connectivity index (χ2v) is 14.8. The maximum Gasteiger partial charge on any atom is 0.123 e. The Morgan fingerprint density at radius 1 is 0.842 bits per heavy atom. The number of aromatic hydroxyl groups is 1. The number of rotatable bonds is 10. The van der Waals surface area contributed by atoms with Crippen molar-refractivity contribution in [3.8, 4) is 5.75 Å². The van der Waals surface area contributed by atoms with Crippen LogP contribution in [0.1, 0.15) is 74.3 Å². The first kappa shape index (κ1) is 28.5.